The molecule has 0 aromatic carbocycles. The summed E-state index contributed by atoms with van der Waals surface area (Å²) in [6.07, 6.45) is -0.772. The molecule has 1 unspecified atom stereocenters. The first-order chi connectivity index (χ1) is 6.03. The molecule has 4 nitrogen and oxygen atoms in total. The summed E-state index contributed by atoms with van der Waals surface area (Å²) in [7, 11) is 1.58. The first-order valence-corrected chi connectivity index (χ1v) is 4.27. The van der Waals surface area contributed by atoms with E-state index in [2.05, 4.69) is 6.58 Å². The normalized spacial score (nSPS) is 41.8. The Morgan fingerprint density at radius 2 is 2.08 bits per heavy atom. The third kappa shape index (κ3) is 1.35. The van der Waals surface area contributed by atoms with Gasteiger partial charge in [0, 0.05) is 7.11 Å². The van der Waals surface area contributed by atoms with Crippen LogP contribution in [0.5, 0.6) is 0 Å². The molecule has 2 heterocycles. The molecule has 74 valence electrons. The van der Waals surface area contributed by atoms with Gasteiger partial charge in [0.1, 0.15) is 11.9 Å². The van der Waals surface area contributed by atoms with Crippen LogP contribution in [0.1, 0.15) is 13.8 Å². The molecule has 13 heavy (non-hydrogen) atoms. The highest BCUT2D eigenvalue weighted by atomic mass is 16.8. The summed E-state index contributed by atoms with van der Waals surface area (Å²) in [6.45, 7) is 7.49. The van der Waals surface area contributed by atoms with E-state index in [0.717, 1.165) is 0 Å². The predicted octanol–water partition coefficient (Wildman–Crippen LogP) is 1.02. The fourth-order valence-corrected chi connectivity index (χ4v) is 1.70. The lowest BCUT2D eigenvalue weighted by molar-refractivity contribution is -0.201. The Morgan fingerprint density at radius 1 is 1.38 bits per heavy atom. The molecule has 0 radical (unpaired) electrons. The van der Waals surface area contributed by atoms with Crippen molar-refractivity contribution in [3.05, 3.63) is 12.3 Å². The van der Waals surface area contributed by atoms with E-state index in [0.29, 0.717) is 5.76 Å². The van der Waals surface area contributed by atoms with Gasteiger partial charge in [-0.3, -0.25) is 0 Å². The van der Waals surface area contributed by atoms with Crippen molar-refractivity contribution in [2.45, 2.75) is 38.1 Å². The van der Waals surface area contributed by atoms with E-state index in [1.807, 2.05) is 13.8 Å². The van der Waals surface area contributed by atoms with Crippen molar-refractivity contribution in [3.63, 3.8) is 0 Å². The standard InChI is InChI=1S/C9H14O4/c1-5-6-7(8(10-4)11-5)13-9(2,3)12-6/h6-8H,1H2,2-4H3/t6?,7-,8+/m0/s1. The van der Waals surface area contributed by atoms with Crippen molar-refractivity contribution in [1.29, 1.82) is 0 Å². The molecule has 2 aliphatic heterocycles. The molecule has 0 aromatic rings. The highest BCUT2D eigenvalue weighted by Gasteiger charge is 2.53. The molecule has 0 aromatic heterocycles. The molecular formula is C9H14O4. The van der Waals surface area contributed by atoms with Crippen LogP contribution in [0, 0.1) is 0 Å². The number of fused-ring (bicyclic) bond motifs is 1. The zero-order valence-electron chi connectivity index (χ0n) is 8.07. The maximum absolute atomic E-state index is 5.61. The summed E-state index contributed by atoms with van der Waals surface area (Å²) in [5.74, 6) is 0.0150. The molecule has 4 heteroatoms. The second-order valence-corrected chi connectivity index (χ2v) is 3.71. The monoisotopic (exact) mass is 186 g/mol. The Bertz CT molecular complexity index is 236. The fraction of sp³-hybridized carbons (Fsp3) is 0.778. The van der Waals surface area contributed by atoms with Crippen LogP contribution in [0.25, 0.3) is 0 Å². The van der Waals surface area contributed by atoms with Gasteiger partial charge in [0.05, 0.1) is 0 Å². The van der Waals surface area contributed by atoms with E-state index in [-0.39, 0.29) is 18.5 Å². The summed E-state index contributed by atoms with van der Waals surface area (Å²) in [6, 6.07) is 0. The fourth-order valence-electron chi connectivity index (χ4n) is 1.70. The van der Waals surface area contributed by atoms with Gasteiger partial charge in [-0.15, -0.1) is 0 Å². The number of hydrogen-bond donors (Lipinski definition) is 0. The molecule has 2 aliphatic rings. The van der Waals surface area contributed by atoms with Crippen LogP contribution in [0.2, 0.25) is 0 Å². The average Bonchev–Trinajstić information content (AvgIpc) is 2.47. The summed E-state index contributed by atoms with van der Waals surface area (Å²) in [4.78, 5) is 0. The quantitative estimate of drug-likeness (QED) is 0.612. The highest BCUT2D eigenvalue weighted by molar-refractivity contribution is 5.08. The van der Waals surface area contributed by atoms with Crippen molar-refractivity contribution < 1.29 is 18.9 Å². The van der Waals surface area contributed by atoms with Crippen LogP contribution in [-0.4, -0.2) is 31.4 Å². The van der Waals surface area contributed by atoms with Gasteiger partial charge in [0.2, 0.25) is 6.29 Å². The van der Waals surface area contributed by atoms with E-state index >= 15 is 0 Å². The van der Waals surface area contributed by atoms with Crippen LogP contribution >= 0.6 is 0 Å². The topological polar surface area (TPSA) is 36.9 Å². The van der Waals surface area contributed by atoms with Gasteiger partial charge in [0.25, 0.3) is 0 Å². The Morgan fingerprint density at radius 3 is 2.69 bits per heavy atom. The maximum Gasteiger partial charge on any atom is 0.228 e. The number of ether oxygens (including phenoxy) is 4. The van der Waals surface area contributed by atoms with Gasteiger partial charge in [-0.25, -0.2) is 0 Å². The molecular weight excluding hydrogens is 172 g/mol. The van der Waals surface area contributed by atoms with Crippen molar-refractivity contribution in [2.75, 3.05) is 7.11 Å². The number of rotatable bonds is 1. The molecule has 3 atom stereocenters. The zero-order chi connectivity index (χ0) is 9.64. The van der Waals surface area contributed by atoms with E-state index in [9.17, 15) is 0 Å². The second kappa shape index (κ2) is 2.70. The summed E-state index contributed by atoms with van der Waals surface area (Å²) >= 11 is 0. The summed E-state index contributed by atoms with van der Waals surface area (Å²) in [5.41, 5.74) is 0. The van der Waals surface area contributed by atoms with Crippen LogP contribution < -0.4 is 0 Å². The third-order valence-corrected chi connectivity index (χ3v) is 2.21. The molecule has 0 spiro atoms. The molecule has 2 fully saturated rings. The van der Waals surface area contributed by atoms with Crippen LogP contribution in [-0.2, 0) is 18.9 Å². The Kier molecular flexibility index (Phi) is 1.87. The third-order valence-electron chi connectivity index (χ3n) is 2.21. The number of hydrogen-bond acceptors (Lipinski definition) is 4. The van der Waals surface area contributed by atoms with Crippen molar-refractivity contribution in [1.82, 2.24) is 0 Å². The smallest absolute Gasteiger partial charge is 0.228 e. The molecule has 0 N–H and O–H groups in total. The Balaban J connectivity index is 2.17. The van der Waals surface area contributed by atoms with Crippen molar-refractivity contribution in [3.8, 4) is 0 Å². The minimum atomic E-state index is -0.571. The van der Waals surface area contributed by atoms with E-state index < -0.39 is 5.79 Å². The lowest BCUT2D eigenvalue weighted by Gasteiger charge is -2.21. The lowest BCUT2D eigenvalue weighted by Crippen LogP contribution is -2.30. The first-order valence-electron chi connectivity index (χ1n) is 4.27. The molecule has 0 bridgehead atoms. The highest BCUT2D eigenvalue weighted by Crippen LogP contribution is 2.39. The summed E-state index contributed by atoms with van der Waals surface area (Å²) < 4.78 is 21.6. The van der Waals surface area contributed by atoms with Gasteiger partial charge in [-0.1, -0.05) is 6.58 Å². The summed E-state index contributed by atoms with van der Waals surface area (Å²) in [5, 5.41) is 0. The minimum absolute atomic E-state index is 0.188. The molecule has 0 aliphatic carbocycles. The number of methoxy groups -OCH3 is 1. The van der Waals surface area contributed by atoms with Gasteiger partial charge >= 0.3 is 0 Å². The largest absolute Gasteiger partial charge is 0.464 e. The Labute approximate surface area is 77.4 Å². The SMILES string of the molecule is C=C1O[C@@H](OC)[C@H]2OC(C)(C)OC12. The van der Waals surface area contributed by atoms with Crippen LogP contribution in [0.4, 0.5) is 0 Å². The molecule has 2 rings (SSSR count). The van der Waals surface area contributed by atoms with Gasteiger partial charge in [-0.05, 0) is 13.8 Å². The molecule has 2 saturated heterocycles. The molecule has 0 amide bonds. The van der Waals surface area contributed by atoms with Crippen LogP contribution in [0.3, 0.4) is 0 Å². The van der Waals surface area contributed by atoms with Gasteiger partial charge in [0.15, 0.2) is 11.9 Å². The predicted molar refractivity (Wildman–Crippen MR) is 44.8 cm³/mol. The molecule has 0 saturated carbocycles. The van der Waals surface area contributed by atoms with E-state index in [4.69, 9.17) is 18.9 Å². The van der Waals surface area contributed by atoms with Gasteiger partial charge in [-0.2, -0.15) is 0 Å². The van der Waals surface area contributed by atoms with Gasteiger partial charge < -0.3 is 18.9 Å². The minimum Gasteiger partial charge on any atom is -0.464 e. The Hall–Kier alpha value is -0.580. The zero-order valence-corrected chi connectivity index (χ0v) is 8.07. The first kappa shape index (κ1) is 8.99. The van der Waals surface area contributed by atoms with E-state index in [1.165, 1.54) is 0 Å². The van der Waals surface area contributed by atoms with E-state index in [1.54, 1.807) is 7.11 Å². The lowest BCUT2D eigenvalue weighted by atomic mass is 10.2. The second-order valence-electron chi connectivity index (χ2n) is 3.71. The maximum atomic E-state index is 5.61. The van der Waals surface area contributed by atoms with Crippen molar-refractivity contribution >= 4 is 0 Å². The average molecular weight is 186 g/mol. The van der Waals surface area contributed by atoms with Crippen LogP contribution in [0.15, 0.2) is 12.3 Å². The van der Waals surface area contributed by atoms with Crippen molar-refractivity contribution in [2.24, 2.45) is 0 Å².